The lowest BCUT2D eigenvalue weighted by Crippen LogP contribution is -2.14. The Balaban J connectivity index is 1.52. The molecular formula is C19H17N7OS3. The first kappa shape index (κ1) is 20.5. The van der Waals surface area contributed by atoms with Gasteiger partial charge < -0.3 is 0 Å². The number of hydrogen-bond acceptors (Lipinski definition) is 9. The molecule has 1 aromatic carbocycles. The molecule has 0 fully saturated rings. The Bertz CT molecular complexity index is 1120. The Labute approximate surface area is 185 Å². The largest absolute Gasteiger partial charge is 0.300 e. The van der Waals surface area contributed by atoms with Crippen molar-refractivity contribution in [2.75, 3.05) is 17.3 Å². The summed E-state index contributed by atoms with van der Waals surface area (Å²) in [7, 11) is 0. The lowest BCUT2D eigenvalue weighted by Gasteiger charge is -2.10. The van der Waals surface area contributed by atoms with E-state index in [4.69, 9.17) is 0 Å². The molecule has 0 atom stereocenters. The van der Waals surface area contributed by atoms with E-state index in [1.165, 1.54) is 34.9 Å². The smallest absolute Gasteiger partial charge is 0.236 e. The van der Waals surface area contributed by atoms with Gasteiger partial charge in [-0.2, -0.15) is 0 Å². The average Bonchev–Trinajstić information content (AvgIpc) is 3.40. The highest BCUT2D eigenvalue weighted by Crippen LogP contribution is 2.26. The molecule has 30 heavy (non-hydrogen) atoms. The van der Waals surface area contributed by atoms with Gasteiger partial charge in [0.15, 0.2) is 15.3 Å². The summed E-state index contributed by atoms with van der Waals surface area (Å²) in [6, 6.07) is 13.9. The number of nitrogens with zero attached hydrogens (tertiary/aromatic N) is 6. The fourth-order valence-electron chi connectivity index (χ4n) is 2.65. The molecule has 8 nitrogen and oxygen atoms in total. The van der Waals surface area contributed by atoms with Crippen molar-refractivity contribution in [2.24, 2.45) is 0 Å². The maximum Gasteiger partial charge on any atom is 0.236 e. The van der Waals surface area contributed by atoms with Gasteiger partial charge in [0, 0.05) is 18.0 Å². The topological polar surface area (TPSA) is 98.5 Å². The van der Waals surface area contributed by atoms with E-state index in [-0.39, 0.29) is 11.7 Å². The van der Waals surface area contributed by atoms with Crippen molar-refractivity contribution < 1.29 is 4.79 Å². The van der Waals surface area contributed by atoms with E-state index in [1.54, 1.807) is 12.4 Å². The van der Waals surface area contributed by atoms with E-state index in [0.29, 0.717) is 16.8 Å². The maximum atomic E-state index is 12.4. The summed E-state index contributed by atoms with van der Waals surface area (Å²) >= 11 is 4.18. The molecule has 0 saturated heterocycles. The summed E-state index contributed by atoms with van der Waals surface area (Å²) in [5.74, 6) is 0.763. The number of benzene rings is 1. The summed E-state index contributed by atoms with van der Waals surface area (Å²) in [5, 5.41) is 20.6. The minimum absolute atomic E-state index is 0.163. The third-order valence-electron chi connectivity index (χ3n) is 4.00. The molecular weight excluding hydrogens is 438 g/mol. The highest BCUT2D eigenvalue weighted by atomic mass is 32.2. The first-order valence-electron chi connectivity index (χ1n) is 8.90. The second kappa shape index (κ2) is 9.83. The second-order valence-electron chi connectivity index (χ2n) is 6.03. The van der Waals surface area contributed by atoms with Crippen LogP contribution in [0.5, 0.6) is 0 Å². The molecule has 1 amide bonds. The number of thioether (sulfide) groups is 2. The zero-order valence-electron chi connectivity index (χ0n) is 15.9. The van der Waals surface area contributed by atoms with Crippen LogP contribution in [0.3, 0.4) is 0 Å². The van der Waals surface area contributed by atoms with Crippen LogP contribution in [0.2, 0.25) is 0 Å². The van der Waals surface area contributed by atoms with E-state index in [2.05, 4.69) is 42.8 Å². The maximum absolute atomic E-state index is 12.4. The molecule has 4 aromatic rings. The Morgan fingerprint density at radius 3 is 2.60 bits per heavy atom. The Hall–Kier alpha value is -2.76. The molecule has 3 aromatic heterocycles. The first-order valence-corrected chi connectivity index (χ1v) is 11.9. The number of amides is 1. The third-order valence-corrected chi connectivity index (χ3v) is 6.78. The van der Waals surface area contributed by atoms with Crippen molar-refractivity contribution in [3.63, 3.8) is 0 Å². The second-order valence-corrected chi connectivity index (χ2v) is 9.00. The average molecular weight is 456 g/mol. The number of carbonyl (C=O) groups excluding carboxylic acids is 1. The lowest BCUT2D eigenvalue weighted by molar-refractivity contribution is -0.113. The van der Waals surface area contributed by atoms with Gasteiger partial charge in [0.25, 0.3) is 0 Å². The molecule has 152 valence electrons. The number of pyridine rings is 1. The van der Waals surface area contributed by atoms with Crippen molar-refractivity contribution in [3.05, 3.63) is 60.4 Å². The van der Waals surface area contributed by atoms with Crippen molar-refractivity contribution >= 4 is 45.9 Å². The van der Waals surface area contributed by atoms with E-state index in [1.807, 2.05) is 41.2 Å². The summed E-state index contributed by atoms with van der Waals surface area (Å²) in [6.07, 6.45) is 5.37. The Morgan fingerprint density at radius 2 is 1.87 bits per heavy atom. The van der Waals surface area contributed by atoms with Gasteiger partial charge in [-0.15, -0.1) is 20.4 Å². The first-order chi connectivity index (χ1) is 14.7. The van der Waals surface area contributed by atoms with Gasteiger partial charge in [-0.25, -0.2) is 0 Å². The summed E-state index contributed by atoms with van der Waals surface area (Å²) in [4.78, 5) is 16.4. The van der Waals surface area contributed by atoms with Gasteiger partial charge in [0.1, 0.15) is 0 Å². The molecule has 0 aliphatic rings. The van der Waals surface area contributed by atoms with Crippen molar-refractivity contribution in [2.45, 2.75) is 16.0 Å². The van der Waals surface area contributed by atoms with Crippen molar-refractivity contribution in [1.82, 2.24) is 29.9 Å². The van der Waals surface area contributed by atoms with E-state index in [9.17, 15) is 4.79 Å². The predicted octanol–water partition coefficient (Wildman–Crippen LogP) is 3.69. The number of aromatic nitrogens is 6. The van der Waals surface area contributed by atoms with Crippen LogP contribution in [0.25, 0.3) is 11.4 Å². The van der Waals surface area contributed by atoms with Crippen molar-refractivity contribution in [3.8, 4) is 11.4 Å². The molecule has 0 unspecified atom stereocenters. The Kier molecular flexibility index (Phi) is 6.72. The number of rotatable bonds is 8. The van der Waals surface area contributed by atoms with E-state index >= 15 is 0 Å². The zero-order chi connectivity index (χ0) is 20.8. The molecule has 1 N–H and O–H groups in total. The number of hydrogen-bond donors (Lipinski definition) is 1. The molecule has 4 rings (SSSR count). The molecule has 0 saturated carbocycles. The van der Waals surface area contributed by atoms with Gasteiger partial charge in [0.05, 0.1) is 12.3 Å². The molecule has 11 heteroatoms. The highest BCUT2D eigenvalue weighted by molar-refractivity contribution is 8.00. The zero-order valence-corrected chi connectivity index (χ0v) is 18.4. The number of carbonyl (C=O) groups is 1. The van der Waals surface area contributed by atoms with Crippen LogP contribution in [0, 0.1) is 0 Å². The molecule has 0 spiro atoms. The van der Waals surface area contributed by atoms with Gasteiger partial charge >= 0.3 is 0 Å². The normalized spacial score (nSPS) is 10.8. The highest BCUT2D eigenvalue weighted by Gasteiger charge is 2.17. The minimum Gasteiger partial charge on any atom is -0.300 e. The van der Waals surface area contributed by atoms with Crippen LogP contribution in [0.15, 0.2) is 64.4 Å². The van der Waals surface area contributed by atoms with Crippen LogP contribution in [0.4, 0.5) is 5.13 Å². The summed E-state index contributed by atoms with van der Waals surface area (Å²) < 4.78 is 2.82. The van der Waals surface area contributed by atoms with E-state index < -0.39 is 0 Å². The van der Waals surface area contributed by atoms with Gasteiger partial charge in [-0.1, -0.05) is 65.2 Å². The van der Waals surface area contributed by atoms with Crippen LogP contribution in [-0.2, 0) is 11.3 Å². The van der Waals surface area contributed by atoms with Crippen LogP contribution >= 0.6 is 34.9 Å². The number of anilines is 1. The molecule has 3 heterocycles. The quantitative estimate of drug-likeness (QED) is 0.317. The third kappa shape index (κ3) is 5.04. The van der Waals surface area contributed by atoms with Crippen LogP contribution in [0.1, 0.15) is 5.56 Å². The molecule has 0 bridgehead atoms. The fourth-order valence-corrected chi connectivity index (χ4v) is 4.57. The van der Waals surface area contributed by atoms with Gasteiger partial charge in [-0.3, -0.25) is 19.7 Å². The van der Waals surface area contributed by atoms with E-state index in [0.717, 1.165) is 21.3 Å². The standard InChI is InChI=1S/C19H17N7OS3/c1-28-19-25-23-17(30-19)21-15(27)12-29-18-24-22-16(14-7-9-20-10-8-14)26(18)11-13-5-3-2-4-6-13/h2-10H,11-12H2,1H3,(H,21,23,27). The van der Waals surface area contributed by atoms with Crippen LogP contribution in [-0.4, -0.2) is 47.9 Å². The SMILES string of the molecule is CSc1nnc(NC(=O)CSc2nnc(-c3ccncc3)n2Cc2ccccc2)s1. The number of nitrogens with one attached hydrogen (secondary N) is 1. The molecule has 0 aliphatic carbocycles. The summed E-state index contributed by atoms with van der Waals surface area (Å²) in [6.45, 7) is 0.600. The predicted molar refractivity (Wildman–Crippen MR) is 120 cm³/mol. The van der Waals surface area contributed by atoms with Gasteiger partial charge in [-0.05, 0) is 24.0 Å². The minimum atomic E-state index is -0.163. The monoisotopic (exact) mass is 455 g/mol. The Morgan fingerprint density at radius 1 is 1.07 bits per heavy atom. The molecule has 0 radical (unpaired) electrons. The van der Waals surface area contributed by atoms with Crippen LogP contribution < -0.4 is 5.32 Å². The summed E-state index contributed by atoms with van der Waals surface area (Å²) in [5.41, 5.74) is 2.04. The lowest BCUT2D eigenvalue weighted by atomic mass is 10.2. The van der Waals surface area contributed by atoms with Crippen molar-refractivity contribution in [1.29, 1.82) is 0 Å². The molecule has 0 aliphatic heterocycles. The fraction of sp³-hybridized carbons (Fsp3) is 0.158. The van der Waals surface area contributed by atoms with Gasteiger partial charge in [0.2, 0.25) is 11.0 Å².